The van der Waals surface area contributed by atoms with Crippen molar-refractivity contribution in [1.82, 2.24) is 15.1 Å². The van der Waals surface area contributed by atoms with E-state index in [-0.39, 0.29) is 5.91 Å². The molecule has 1 unspecified atom stereocenters. The first-order valence-corrected chi connectivity index (χ1v) is 8.09. The number of amides is 1. The second-order valence-electron chi connectivity index (χ2n) is 5.92. The third-order valence-electron chi connectivity index (χ3n) is 4.04. The van der Waals surface area contributed by atoms with Crippen molar-refractivity contribution in [3.8, 4) is 0 Å². The number of hydrogen-bond acceptors (Lipinski definition) is 4. The minimum atomic E-state index is -0.915. The topological polar surface area (TPSA) is 55.8 Å². The Morgan fingerprint density at radius 3 is 2.45 bits per heavy atom. The van der Waals surface area contributed by atoms with Crippen LogP contribution in [0.2, 0.25) is 0 Å². The van der Waals surface area contributed by atoms with Gasteiger partial charge in [-0.3, -0.25) is 9.69 Å². The number of aliphatic hydroxyl groups is 1. The molecule has 1 aliphatic heterocycles. The second kappa shape index (κ2) is 8.88. The van der Waals surface area contributed by atoms with Crippen molar-refractivity contribution in [2.75, 3.05) is 39.3 Å². The average Bonchev–Trinajstić information content (AvgIpc) is 2.53. The van der Waals surface area contributed by atoms with E-state index in [0.717, 1.165) is 45.7 Å². The number of nitrogens with zero attached hydrogens (tertiary/aromatic N) is 2. The molecular weight excluding hydrogens is 278 g/mol. The van der Waals surface area contributed by atoms with Crippen LogP contribution >= 0.6 is 0 Å². The Kier molecular flexibility index (Phi) is 6.83. The van der Waals surface area contributed by atoms with Crippen molar-refractivity contribution in [2.45, 2.75) is 26.0 Å². The zero-order valence-electron chi connectivity index (χ0n) is 13.4. The first-order valence-electron chi connectivity index (χ1n) is 8.09. The zero-order valence-corrected chi connectivity index (χ0v) is 13.4. The fourth-order valence-electron chi connectivity index (χ4n) is 2.67. The van der Waals surface area contributed by atoms with Crippen molar-refractivity contribution in [3.63, 3.8) is 0 Å². The van der Waals surface area contributed by atoms with Crippen LogP contribution in [-0.2, 0) is 11.3 Å². The maximum absolute atomic E-state index is 11.2. The van der Waals surface area contributed by atoms with Crippen LogP contribution in [0.4, 0.5) is 0 Å². The summed E-state index contributed by atoms with van der Waals surface area (Å²) in [6, 6.07) is 10.6. The van der Waals surface area contributed by atoms with Crippen molar-refractivity contribution in [1.29, 1.82) is 0 Å². The number of benzene rings is 1. The molecule has 5 nitrogen and oxygen atoms in total. The summed E-state index contributed by atoms with van der Waals surface area (Å²) in [5.74, 6) is -0.285. The second-order valence-corrected chi connectivity index (χ2v) is 5.92. The van der Waals surface area contributed by atoms with Gasteiger partial charge in [-0.15, -0.1) is 0 Å². The lowest BCUT2D eigenvalue weighted by Gasteiger charge is -2.34. The van der Waals surface area contributed by atoms with E-state index in [2.05, 4.69) is 45.4 Å². The predicted octanol–water partition coefficient (Wildman–Crippen LogP) is 0.691. The molecular formula is C17H27N3O2. The SMILES string of the molecule is CC(O)C(=O)NCCCN1CCN(Cc2ccccc2)CC1. The summed E-state index contributed by atoms with van der Waals surface area (Å²) in [7, 11) is 0. The number of hydrogen-bond donors (Lipinski definition) is 2. The first kappa shape index (κ1) is 16.9. The monoisotopic (exact) mass is 305 g/mol. The Morgan fingerprint density at radius 2 is 1.82 bits per heavy atom. The van der Waals surface area contributed by atoms with E-state index in [1.165, 1.54) is 12.5 Å². The third-order valence-corrected chi connectivity index (χ3v) is 4.04. The molecule has 0 aromatic heterocycles. The molecule has 2 rings (SSSR count). The molecule has 1 atom stereocenters. The standard InChI is InChI=1S/C17H27N3O2/c1-15(21)17(22)18-8-5-9-19-10-12-20(13-11-19)14-16-6-3-2-4-7-16/h2-4,6-7,15,21H,5,8-14H2,1H3,(H,18,22). The van der Waals surface area contributed by atoms with E-state index in [0.29, 0.717) is 6.54 Å². The summed E-state index contributed by atoms with van der Waals surface area (Å²) in [5, 5.41) is 11.8. The summed E-state index contributed by atoms with van der Waals surface area (Å²) >= 11 is 0. The van der Waals surface area contributed by atoms with E-state index in [9.17, 15) is 4.79 Å². The van der Waals surface area contributed by atoms with Gasteiger partial charge in [0.2, 0.25) is 5.91 Å². The summed E-state index contributed by atoms with van der Waals surface area (Å²) in [6.45, 7) is 8.49. The van der Waals surface area contributed by atoms with Gasteiger partial charge in [-0.1, -0.05) is 30.3 Å². The van der Waals surface area contributed by atoms with E-state index in [1.807, 2.05) is 0 Å². The van der Waals surface area contributed by atoms with Crippen molar-refractivity contribution < 1.29 is 9.90 Å². The number of carbonyl (C=O) groups excluding carboxylic acids is 1. The fraction of sp³-hybridized carbons (Fsp3) is 0.588. The highest BCUT2D eigenvalue weighted by Gasteiger charge is 2.16. The van der Waals surface area contributed by atoms with Crippen LogP contribution in [0.25, 0.3) is 0 Å². The molecule has 1 heterocycles. The lowest BCUT2D eigenvalue weighted by molar-refractivity contribution is -0.128. The van der Waals surface area contributed by atoms with Gasteiger partial charge in [-0.2, -0.15) is 0 Å². The smallest absolute Gasteiger partial charge is 0.248 e. The molecule has 1 fully saturated rings. The lowest BCUT2D eigenvalue weighted by Crippen LogP contribution is -2.46. The van der Waals surface area contributed by atoms with Crippen LogP contribution in [0.5, 0.6) is 0 Å². The molecule has 0 bridgehead atoms. The van der Waals surface area contributed by atoms with Crippen LogP contribution < -0.4 is 5.32 Å². The molecule has 1 amide bonds. The Balaban J connectivity index is 1.58. The van der Waals surface area contributed by atoms with Gasteiger partial charge in [0, 0.05) is 39.3 Å². The fourth-order valence-corrected chi connectivity index (χ4v) is 2.67. The van der Waals surface area contributed by atoms with E-state index in [4.69, 9.17) is 5.11 Å². The van der Waals surface area contributed by atoms with Gasteiger partial charge in [-0.25, -0.2) is 0 Å². The lowest BCUT2D eigenvalue weighted by atomic mass is 10.2. The van der Waals surface area contributed by atoms with Crippen LogP contribution in [0.15, 0.2) is 30.3 Å². The average molecular weight is 305 g/mol. The minimum Gasteiger partial charge on any atom is -0.384 e. The molecule has 0 spiro atoms. The van der Waals surface area contributed by atoms with Gasteiger partial charge in [0.15, 0.2) is 0 Å². The number of rotatable bonds is 7. The van der Waals surface area contributed by atoms with Gasteiger partial charge in [0.05, 0.1) is 0 Å². The number of aliphatic hydroxyl groups excluding tert-OH is 1. The van der Waals surface area contributed by atoms with Gasteiger partial charge < -0.3 is 15.3 Å². The molecule has 2 N–H and O–H groups in total. The Hall–Kier alpha value is -1.43. The molecule has 1 aromatic rings. The number of piperazine rings is 1. The van der Waals surface area contributed by atoms with E-state index >= 15 is 0 Å². The zero-order chi connectivity index (χ0) is 15.8. The normalized spacial score (nSPS) is 18.1. The Morgan fingerprint density at radius 1 is 1.18 bits per heavy atom. The highest BCUT2D eigenvalue weighted by atomic mass is 16.3. The molecule has 5 heteroatoms. The molecule has 1 saturated heterocycles. The maximum atomic E-state index is 11.2. The summed E-state index contributed by atoms with van der Waals surface area (Å²) in [4.78, 5) is 16.2. The van der Waals surface area contributed by atoms with Gasteiger partial charge in [0.1, 0.15) is 6.10 Å². The van der Waals surface area contributed by atoms with Gasteiger partial charge in [-0.05, 0) is 25.5 Å². The highest BCUT2D eigenvalue weighted by molar-refractivity contribution is 5.79. The largest absolute Gasteiger partial charge is 0.384 e. The van der Waals surface area contributed by atoms with Gasteiger partial charge >= 0.3 is 0 Å². The molecule has 22 heavy (non-hydrogen) atoms. The molecule has 1 aromatic carbocycles. The van der Waals surface area contributed by atoms with Crippen molar-refractivity contribution in [2.24, 2.45) is 0 Å². The molecule has 1 aliphatic rings. The minimum absolute atomic E-state index is 0.285. The summed E-state index contributed by atoms with van der Waals surface area (Å²) < 4.78 is 0. The van der Waals surface area contributed by atoms with E-state index < -0.39 is 6.10 Å². The van der Waals surface area contributed by atoms with E-state index in [1.54, 1.807) is 0 Å². The van der Waals surface area contributed by atoms with Crippen LogP contribution in [0, 0.1) is 0 Å². The quantitative estimate of drug-likeness (QED) is 0.728. The Bertz CT molecular complexity index is 442. The van der Waals surface area contributed by atoms with Crippen LogP contribution in [0.3, 0.4) is 0 Å². The number of nitrogens with one attached hydrogen (secondary N) is 1. The van der Waals surface area contributed by atoms with Crippen LogP contribution in [-0.4, -0.2) is 66.2 Å². The summed E-state index contributed by atoms with van der Waals surface area (Å²) in [5.41, 5.74) is 1.37. The Labute approximate surface area is 132 Å². The van der Waals surface area contributed by atoms with Crippen molar-refractivity contribution >= 4 is 5.91 Å². The molecule has 0 aliphatic carbocycles. The van der Waals surface area contributed by atoms with Crippen molar-refractivity contribution in [3.05, 3.63) is 35.9 Å². The number of carbonyl (C=O) groups is 1. The molecule has 122 valence electrons. The predicted molar refractivity (Wildman–Crippen MR) is 87.5 cm³/mol. The van der Waals surface area contributed by atoms with Crippen LogP contribution in [0.1, 0.15) is 18.9 Å². The molecule has 0 saturated carbocycles. The third kappa shape index (κ3) is 5.75. The first-order chi connectivity index (χ1) is 10.6. The maximum Gasteiger partial charge on any atom is 0.248 e. The highest BCUT2D eigenvalue weighted by Crippen LogP contribution is 2.08. The van der Waals surface area contributed by atoms with Gasteiger partial charge in [0.25, 0.3) is 0 Å². The summed E-state index contributed by atoms with van der Waals surface area (Å²) in [6.07, 6.45) is 0.0125. The molecule has 0 radical (unpaired) electrons.